The summed E-state index contributed by atoms with van der Waals surface area (Å²) in [7, 11) is 1.58. The normalized spacial score (nSPS) is 11.1. The van der Waals surface area contributed by atoms with Gasteiger partial charge in [0, 0.05) is 12.0 Å². The van der Waals surface area contributed by atoms with E-state index in [2.05, 4.69) is 19.2 Å². The molecule has 0 amide bonds. The fourth-order valence-electron chi connectivity index (χ4n) is 1.85. The second kappa shape index (κ2) is 6.80. The number of ketones is 1. The van der Waals surface area contributed by atoms with Gasteiger partial charge in [-0.1, -0.05) is 27.7 Å². The van der Waals surface area contributed by atoms with Crippen LogP contribution in [-0.4, -0.2) is 18.9 Å². The van der Waals surface area contributed by atoms with Gasteiger partial charge in [0.15, 0.2) is 11.5 Å². The summed E-state index contributed by atoms with van der Waals surface area (Å²) >= 11 is 1.40. The van der Waals surface area contributed by atoms with Crippen LogP contribution in [0.5, 0.6) is 5.75 Å². The van der Waals surface area contributed by atoms with E-state index in [9.17, 15) is 4.79 Å². The van der Waals surface area contributed by atoms with Crippen LogP contribution in [0.3, 0.4) is 0 Å². The van der Waals surface area contributed by atoms with Gasteiger partial charge in [0.25, 0.3) is 0 Å². The first-order chi connectivity index (χ1) is 8.96. The maximum absolute atomic E-state index is 12.1. The number of rotatable bonds is 7. The summed E-state index contributed by atoms with van der Waals surface area (Å²) in [5.41, 5.74) is 6.49. The van der Waals surface area contributed by atoms with Crippen LogP contribution >= 0.6 is 11.3 Å². The van der Waals surface area contributed by atoms with Crippen LogP contribution in [0.25, 0.3) is 0 Å². The minimum absolute atomic E-state index is 0.0633. The number of methoxy groups -OCH3 is 1. The molecular weight excluding hydrogens is 260 g/mol. The maximum atomic E-state index is 12.1. The summed E-state index contributed by atoms with van der Waals surface area (Å²) < 4.78 is 5.35. The zero-order valence-corrected chi connectivity index (χ0v) is 13.2. The van der Waals surface area contributed by atoms with Gasteiger partial charge >= 0.3 is 0 Å². The summed E-state index contributed by atoms with van der Waals surface area (Å²) in [4.78, 5) is 12.7. The van der Waals surface area contributed by atoms with Crippen LogP contribution in [0.2, 0.25) is 0 Å². The molecule has 0 radical (unpaired) electrons. The smallest absolute Gasteiger partial charge is 0.177 e. The van der Waals surface area contributed by atoms with Gasteiger partial charge in [0.05, 0.1) is 17.7 Å². The van der Waals surface area contributed by atoms with Crippen molar-refractivity contribution < 1.29 is 9.53 Å². The van der Waals surface area contributed by atoms with Gasteiger partial charge in [-0.25, -0.2) is 0 Å². The van der Waals surface area contributed by atoms with Crippen molar-refractivity contribution >= 4 is 27.8 Å². The molecule has 1 heterocycles. The number of hydrogen-bond acceptors (Lipinski definition) is 5. The zero-order chi connectivity index (χ0) is 14.6. The van der Waals surface area contributed by atoms with E-state index in [0.717, 1.165) is 17.8 Å². The van der Waals surface area contributed by atoms with Crippen molar-refractivity contribution in [3.8, 4) is 5.75 Å². The molecule has 0 unspecified atom stereocenters. The molecule has 0 saturated carbocycles. The van der Waals surface area contributed by atoms with Crippen LogP contribution < -0.4 is 15.8 Å². The Kier molecular flexibility index (Phi) is 5.66. The molecule has 1 aromatic rings. The minimum Gasteiger partial charge on any atom is -0.492 e. The molecule has 0 aromatic carbocycles. The lowest BCUT2D eigenvalue weighted by molar-refractivity contribution is 0.0944. The number of thiophene rings is 1. The highest BCUT2D eigenvalue weighted by molar-refractivity contribution is 7.19. The highest BCUT2D eigenvalue weighted by Crippen LogP contribution is 2.43. The largest absolute Gasteiger partial charge is 0.492 e. The molecule has 0 atom stereocenters. The van der Waals surface area contributed by atoms with Gasteiger partial charge in [-0.3, -0.25) is 4.79 Å². The summed E-state index contributed by atoms with van der Waals surface area (Å²) in [6.07, 6.45) is 2.04. The third-order valence-corrected chi connectivity index (χ3v) is 4.31. The third-order valence-electron chi connectivity index (χ3n) is 3.17. The second-order valence-corrected chi connectivity index (χ2v) is 5.90. The van der Waals surface area contributed by atoms with E-state index in [1.54, 1.807) is 7.11 Å². The van der Waals surface area contributed by atoms with Gasteiger partial charge in [0.1, 0.15) is 5.00 Å². The van der Waals surface area contributed by atoms with Gasteiger partial charge < -0.3 is 15.8 Å². The quantitative estimate of drug-likeness (QED) is 0.748. The Labute approximate surface area is 119 Å². The maximum Gasteiger partial charge on any atom is 0.177 e. The van der Waals surface area contributed by atoms with Gasteiger partial charge in [-0.2, -0.15) is 0 Å². The van der Waals surface area contributed by atoms with Crippen molar-refractivity contribution in [1.82, 2.24) is 0 Å². The van der Waals surface area contributed by atoms with E-state index < -0.39 is 0 Å². The Morgan fingerprint density at radius 3 is 2.37 bits per heavy atom. The molecule has 1 rings (SSSR count). The van der Waals surface area contributed by atoms with Gasteiger partial charge in [0.2, 0.25) is 0 Å². The number of Topliss-reactive ketones (excluding diaryl/α,β-unsaturated/α-hetero) is 1. The molecule has 0 fully saturated rings. The molecule has 5 heteroatoms. The molecule has 0 saturated heterocycles. The van der Waals surface area contributed by atoms with E-state index in [0.29, 0.717) is 22.4 Å². The number of ether oxygens (including phenoxy) is 1. The number of nitrogen functional groups attached to an aromatic ring is 1. The van der Waals surface area contributed by atoms with Crippen molar-refractivity contribution in [1.29, 1.82) is 0 Å². The Hall–Kier alpha value is -1.23. The monoisotopic (exact) mass is 284 g/mol. The average molecular weight is 284 g/mol. The van der Waals surface area contributed by atoms with Crippen molar-refractivity contribution in [3.63, 3.8) is 0 Å². The Morgan fingerprint density at radius 1 is 1.37 bits per heavy atom. The van der Waals surface area contributed by atoms with Crippen LogP contribution in [0.15, 0.2) is 0 Å². The molecular formula is C14H24N2O2S. The number of hydrogen-bond donors (Lipinski definition) is 2. The lowest BCUT2D eigenvalue weighted by atomic mass is 10.1. The first-order valence-corrected chi connectivity index (χ1v) is 7.54. The van der Waals surface area contributed by atoms with Crippen molar-refractivity contribution in [3.05, 3.63) is 4.88 Å². The minimum atomic E-state index is -0.0633. The van der Waals surface area contributed by atoms with E-state index >= 15 is 0 Å². The first-order valence-electron chi connectivity index (χ1n) is 6.73. The first kappa shape index (κ1) is 15.8. The van der Waals surface area contributed by atoms with Crippen LogP contribution in [0.4, 0.5) is 10.7 Å². The Balaban J connectivity index is 3.12. The molecule has 1 aromatic heterocycles. The number of carbonyl (C=O) groups is 1. The zero-order valence-electron chi connectivity index (χ0n) is 12.4. The number of carbonyl (C=O) groups excluding carboxylic acids is 1. The topological polar surface area (TPSA) is 64.4 Å². The predicted molar refractivity (Wildman–Crippen MR) is 82.4 cm³/mol. The van der Waals surface area contributed by atoms with Gasteiger partial charge in [-0.05, 0) is 12.8 Å². The Bertz CT molecular complexity index is 437. The molecule has 0 aliphatic carbocycles. The van der Waals surface area contributed by atoms with E-state index in [4.69, 9.17) is 10.5 Å². The summed E-state index contributed by atoms with van der Waals surface area (Å²) in [5, 5.41) is 4.27. The highest BCUT2D eigenvalue weighted by atomic mass is 32.1. The average Bonchev–Trinajstić information content (AvgIpc) is 2.70. The van der Waals surface area contributed by atoms with Crippen molar-refractivity contribution in [2.24, 2.45) is 5.92 Å². The van der Waals surface area contributed by atoms with Crippen molar-refractivity contribution in [2.45, 2.75) is 46.6 Å². The molecule has 0 aliphatic rings. The summed E-state index contributed by atoms with van der Waals surface area (Å²) in [6.45, 7) is 8.01. The number of anilines is 2. The van der Waals surface area contributed by atoms with Crippen LogP contribution in [0.1, 0.15) is 50.2 Å². The van der Waals surface area contributed by atoms with Crippen molar-refractivity contribution in [2.75, 3.05) is 18.2 Å². The van der Waals surface area contributed by atoms with E-state index in [1.807, 2.05) is 13.8 Å². The van der Waals surface area contributed by atoms with E-state index in [1.165, 1.54) is 11.3 Å². The number of nitrogens with one attached hydrogen (secondary N) is 1. The van der Waals surface area contributed by atoms with Gasteiger partial charge in [-0.15, -0.1) is 11.3 Å². The lowest BCUT2D eigenvalue weighted by Crippen LogP contribution is -2.16. The molecule has 3 N–H and O–H groups in total. The van der Waals surface area contributed by atoms with Crippen LogP contribution in [0, 0.1) is 5.92 Å². The highest BCUT2D eigenvalue weighted by Gasteiger charge is 2.24. The third kappa shape index (κ3) is 3.41. The molecule has 0 spiro atoms. The molecule has 19 heavy (non-hydrogen) atoms. The van der Waals surface area contributed by atoms with Crippen LogP contribution in [-0.2, 0) is 0 Å². The fourth-order valence-corrected chi connectivity index (χ4v) is 3.10. The molecule has 0 bridgehead atoms. The SMILES string of the molecule is CCC(CC)Nc1sc(C(=O)C(C)C)c(N)c1OC. The lowest BCUT2D eigenvalue weighted by Gasteiger charge is -2.15. The Morgan fingerprint density at radius 2 is 1.95 bits per heavy atom. The predicted octanol–water partition coefficient (Wildman–Crippen LogP) is 3.78. The van der Waals surface area contributed by atoms with E-state index in [-0.39, 0.29) is 11.7 Å². The molecule has 108 valence electrons. The second-order valence-electron chi connectivity index (χ2n) is 4.88. The fraction of sp³-hybridized carbons (Fsp3) is 0.643. The standard InChI is InChI=1S/C14H24N2O2S/c1-6-9(7-2)16-14-12(18-5)10(15)13(19-14)11(17)8(3)4/h8-9,16H,6-7,15H2,1-5H3. The summed E-state index contributed by atoms with van der Waals surface area (Å²) in [6, 6.07) is 0.369. The molecule has 4 nitrogen and oxygen atoms in total. The summed E-state index contributed by atoms with van der Waals surface area (Å²) in [5.74, 6) is 0.603. The molecule has 0 aliphatic heterocycles. The number of nitrogens with two attached hydrogens (primary N) is 1.